The third kappa shape index (κ3) is 4.66. The number of anilines is 1. The van der Waals surface area contributed by atoms with Gasteiger partial charge in [0.2, 0.25) is 11.8 Å². The summed E-state index contributed by atoms with van der Waals surface area (Å²) in [4.78, 5) is 30.6. The first-order valence-corrected chi connectivity index (χ1v) is 10.2. The molecular formula is C20H21ClN4O2S. The quantitative estimate of drug-likeness (QED) is 0.593. The third-order valence-electron chi connectivity index (χ3n) is 4.21. The van der Waals surface area contributed by atoms with Crippen LogP contribution < -0.4 is 5.32 Å². The second-order valence-corrected chi connectivity index (χ2v) is 7.54. The zero-order chi connectivity index (χ0) is 20.1. The number of imidazole rings is 1. The highest BCUT2D eigenvalue weighted by atomic mass is 35.5. The molecule has 0 bridgehead atoms. The van der Waals surface area contributed by atoms with E-state index in [-0.39, 0.29) is 24.1 Å². The van der Waals surface area contributed by atoms with E-state index >= 15 is 0 Å². The van der Waals surface area contributed by atoms with E-state index in [0.29, 0.717) is 10.7 Å². The maximum absolute atomic E-state index is 12.4. The summed E-state index contributed by atoms with van der Waals surface area (Å²) in [6, 6.07) is 14.9. The highest BCUT2D eigenvalue weighted by molar-refractivity contribution is 7.99. The minimum Gasteiger partial charge on any atom is -0.336 e. The molecule has 3 rings (SSSR count). The van der Waals surface area contributed by atoms with Gasteiger partial charge >= 0.3 is 0 Å². The van der Waals surface area contributed by atoms with Crippen LogP contribution in [0.4, 0.5) is 5.69 Å². The first kappa shape index (κ1) is 20.2. The molecule has 6 nitrogen and oxygen atoms in total. The van der Waals surface area contributed by atoms with Gasteiger partial charge in [0.25, 0.3) is 0 Å². The summed E-state index contributed by atoms with van der Waals surface area (Å²) >= 11 is 7.41. The number of nitrogens with one attached hydrogen (secondary N) is 1. The van der Waals surface area contributed by atoms with E-state index in [2.05, 4.69) is 14.9 Å². The molecule has 3 aromatic rings. The Balaban J connectivity index is 1.57. The Labute approximate surface area is 172 Å². The summed E-state index contributed by atoms with van der Waals surface area (Å²) in [5, 5.41) is 3.97. The molecule has 0 saturated carbocycles. The average molecular weight is 417 g/mol. The van der Waals surface area contributed by atoms with Crippen molar-refractivity contribution >= 4 is 51.9 Å². The molecule has 1 N–H and O–H groups in total. The van der Waals surface area contributed by atoms with Crippen LogP contribution in [0, 0.1) is 0 Å². The fraction of sp³-hybridized carbons (Fsp3) is 0.250. The molecule has 0 aliphatic heterocycles. The predicted molar refractivity (Wildman–Crippen MR) is 114 cm³/mol. The number of likely N-dealkylation sites (N-methyl/N-ethyl adjacent to an activating group) is 1. The normalized spacial score (nSPS) is 10.8. The summed E-state index contributed by atoms with van der Waals surface area (Å²) in [5.74, 6) is -0.233. The molecule has 0 aliphatic carbocycles. The van der Waals surface area contributed by atoms with Crippen LogP contribution in [-0.4, -0.2) is 45.6 Å². The SMILES string of the molecule is CCn1c(SCC(=O)N(C)CC(=O)Nc2ccccc2Cl)nc2ccccc21. The molecule has 0 unspecified atom stereocenters. The maximum Gasteiger partial charge on any atom is 0.244 e. The largest absolute Gasteiger partial charge is 0.336 e. The Morgan fingerprint density at radius 1 is 1.18 bits per heavy atom. The Kier molecular flexibility index (Phi) is 6.59. The number of amides is 2. The topological polar surface area (TPSA) is 67.2 Å². The zero-order valence-corrected chi connectivity index (χ0v) is 17.3. The average Bonchev–Trinajstić information content (AvgIpc) is 3.05. The highest BCUT2D eigenvalue weighted by Crippen LogP contribution is 2.24. The van der Waals surface area contributed by atoms with E-state index < -0.39 is 0 Å². The number of aryl methyl sites for hydroxylation is 1. The van der Waals surface area contributed by atoms with E-state index in [1.54, 1.807) is 31.3 Å². The lowest BCUT2D eigenvalue weighted by Gasteiger charge is -2.17. The fourth-order valence-electron chi connectivity index (χ4n) is 2.76. The standard InChI is InChI=1S/C20H21ClN4O2S/c1-3-25-17-11-7-6-10-16(17)23-20(25)28-13-19(27)24(2)12-18(26)22-15-9-5-4-8-14(15)21/h4-11H,3,12-13H2,1-2H3,(H,22,26). The van der Waals surface area contributed by atoms with Gasteiger partial charge in [0.1, 0.15) is 0 Å². The molecule has 0 saturated heterocycles. The second kappa shape index (κ2) is 9.12. The van der Waals surface area contributed by atoms with Gasteiger partial charge in [-0.15, -0.1) is 0 Å². The number of nitrogens with zero attached hydrogens (tertiary/aromatic N) is 3. The van der Waals surface area contributed by atoms with Crippen molar-refractivity contribution in [1.82, 2.24) is 14.5 Å². The summed E-state index contributed by atoms with van der Waals surface area (Å²) in [5.41, 5.74) is 2.49. The van der Waals surface area contributed by atoms with E-state index in [4.69, 9.17) is 11.6 Å². The van der Waals surface area contributed by atoms with E-state index in [0.717, 1.165) is 22.7 Å². The van der Waals surface area contributed by atoms with E-state index in [9.17, 15) is 9.59 Å². The van der Waals surface area contributed by atoms with Crippen molar-refractivity contribution in [2.24, 2.45) is 0 Å². The van der Waals surface area contributed by atoms with E-state index in [1.165, 1.54) is 16.7 Å². The van der Waals surface area contributed by atoms with Crippen molar-refractivity contribution in [2.75, 3.05) is 24.7 Å². The predicted octanol–water partition coefficient (Wildman–Crippen LogP) is 3.90. The number of hydrogen-bond acceptors (Lipinski definition) is 4. The molecule has 8 heteroatoms. The zero-order valence-electron chi connectivity index (χ0n) is 15.7. The molecule has 2 aromatic carbocycles. The number of para-hydroxylation sites is 3. The molecule has 28 heavy (non-hydrogen) atoms. The van der Waals surface area contributed by atoms with Crippen LogP contribution in [0.15, 0.2) is 53.7 Å². The van der Waals surface area contributed by atoms with Gasteiger partial charge in [-0.25, -0.2) is 4.98 Å². The van der Waals surface area contributed by atoms with Crippen molar-refractivity contribution in [2.45, 2.75) is 18.6 Å². The second-order valence-electron chi connectivity index (χ2n) is 6.19. The van der Waals surface area contributed by atoms with E-state index in [1.807, 2.05) is 31.2 Å². The van der Waals surface area contributed by atoms with Gasteiger partial charge in [-0.2, -0.15) is 0 Å². The number of aromatic nitrogens is 2. The van der Waals surface area contributed by atoms with Gasteiger partial charge in [-0.3, -0.25) is 9.59 Å². The lowest BCUT2D eigenvalue weighted by atomic mass is 10.3. The number of hydrogen-bond donors (Lipinski definition) is 1. The minimum absolute atomic E-state index is 0.0468. The molecule has 1 aromatic heterocycles. The highest BCUT2D eigenvalue weighted by Gasteiger charge is 2.16. The lowest BCUT2D eigenvalue weighted by molar-refractivity contribution is -0.131. The number of thioether (sulfide) groups is 1. The maximum atomic E-state index is 12.4. The van der Waals surface area contributed by atoms with Crippen LogP contribution in [-0.2, 0) is 16.1 Å². The van der Waals surface area contributed by atoms with Crippen LogP contribution in [0.25, 0.3) is 11.0 Å². The van der Waals surface area contributed by atoms with Crippen LogP contribution in [0.1, 0.15) is 6.92 Å². The molecule has 0 atom stereocenters. The summed E-state index contributed by atoms with van der Waals surface area (Å²) < 4.78 is 2.08. The number of rotatable bonds is 7. The molecule has 0 spiro atoms. The smallest absolute Gasteiger partial charge is 0.244 e. The van der Waals surface area contributed by atoms with Crippen molar-refractivity contribution in [1.29, 1.82) is 0 Å². The molecule has 146 valence electrons. The third-order valence-corrected chi connectivity index (χ3v) is 5.51. The first-order valence-electron chi connectivity index (χ1n) is 8.86. The number of benzene rings is 2. The van der Waals surface area contributed by atoms with Crippen molar-refractivity contribution in [3.05, 3.63) is 53.6 Å². The molecule has 0 radical (unpaired) electrons. The van der Waals surface area contributed by atoms with Gasteiger partial charge < -0.3 is 14.8 Å². The van der Waals surface area contributed by atoms with Crippen molar-refractivity contribution in [3.8, 4) is 0 Å². The van der Waals surface area contributed by atoms with Crippen LogP contribution in [0.2, 0.25) is 5.02 Å². The van der Waals surface area contributed by atoms with Gasteiger partial charge in [-0.05, 0) is 31.2 Å². The molecule has 0 fully saturated rings. The first-order chi connectivity index (χ1) is 13.5. The van der Waals surface area contributed by atoms with Crippen molar-refractivity contribution < 1.29 is 9.59 Å². The molecule has 0 aliphatic rings. The lowest BCUT2D eigenvalue weighted by Crippen LogP contribution is -2.36. The van der Waals surface area contributed by atoms with Crippen LogP contribution in [0.5, 0.6) is 0 Å². The van der Waals surface area contributed by atoms with Gasteiger partial charge in [0, 0.05) is 13.6 Å². The molecule has 2 amide bonds. The van der Waals surface area contributed by atoms with Crippen LogP contribution >= 0.6 is 23.4 Å². The number of fused-ring (bicyclic) bond motifs is 1. The minimum atomic E-state index is -0.297. The van der Waals surface area contributed by atoms with Gasteiger partial charge in [0.15, 0.2) is 5.16 Å². The Morgan fingerprint density at radius 3 is 2.64 bits per heavy atom. The monoisotopic (exact) mass is 416 g/mol. The fourth-order valence-corrected chi connectivity index (χ4v) is 3.96. The molecule has 1 heterocycles. The Bertz CT molecular complexity index is 1000. The Morgan fingerprint density at radius 2 is 1.89 bits per heavy atom. The number of carbonyl (C=O) groups excluding carboxylic acids is 2. The summed E-state index contributed by atoms with van der Waals surface area (Å²) in [6.07, 6.45) is 0. The van der Waals surface area contributed by atoms with Gasteiger partial charge in [0.05, 0.1) is 34.0 Å². The molecular weight excluding hydrogens is 396 g/mol. The van der Waals surface area contributed by atoms with Crippen LogP contribution in [0.3, 0.4) is 0 Å². The summed E-state index contributed by atoms with van der Waals surface area (Å²) in [6.45, 7) is 2.77. The Hall–Kier alpha value is -2.51. The van der Waals surface area contributed by atoms with Gasteiger partial charge in [-0.1, -0.05) is 47.6 Å². The summed E-state index contributed by atoms with van der Waals surface area (Å²) in [7, 11) is 1.61. The number of halogens is 1. The van der Waals surface area contributed by atoms with Crippen molar-refractivity contribution in [3.63, 3.8) is 0 Å². The number of carbonyl (C=O) groups is 2.